The van der Waals surface area contributed by atoms with Crippen molar-refractivity contribution >= 4 is 33.5 Å². The summed E-state index contributed by atoms with van der Waals surface area (Å²) in [4.78, 5) is 23.1. The van der Waals surface area contributed by atoms with Crippen LogP contribution in [-0.2, 0) is 0 Å². The fraction of sp³-hybridized carbons (Fsp3) is 0.200. The summed E-state index contributed by atoms with van der Waals surface area (Å²) in [5.74, 6) is 0.0218. The van der Waals surface area contributed by atoms with E-state index in [4.69, 9.17) is 15.9 Å². The standard InChI is InChI=1S/C30H27FN6O2S/c1-16-14-40-24-13-21(25(30(38)37(16)24)18-6-4-3-5-7-18)17(2)36-29-26(28(33)34-15-35-29)27(32)19-8-11-23(22(31)12-19)39-20-9-10-20/h3-8,11-15,17,20,32H,9-10H2,1-2H3,(H3,33,34,35,36)/t17-/m0/s1. The average molecular weight is 555 g/mol. The second-order valence-corrected chi connectivity index (χ2v) is 10.8. The Morgan fingerprint density at radius 3 is 2.70 bits per heavy atom. The van der Waals surface area contributed by atoms with E-state index in [0.717, 1.165) is 34.5 Å². The topological polar surface area (TPSA) is 118 Å². The molecular formula is C30H27FN6O2S. The van der Waals surface area contributed by atoms with Crippen LogP contribution in [0.3, 0.4) is 0 Å². The molecule has 0 saturated heterocycles. The molecule has 1 aliphatic carbocycles. The Balaban J connectivity index is 1.39. The molecule has 3 heterocycles. The summed E-state index contributed by atoms with van der Waals surface area (Å²) in [7, 11) is 0. The third kappa shape index (κ3) is 4.71. The quantitative estimate of drug-likeness (QED) is 0.203. The largest absolute Gasteiger partial charge is 0.487 e. The Bertz CT molecular complexity index is 1810. The molecule has 4 N–H and O–H groups in total. The zero-order chi connectivity index (χ0) is 28.0. The molecule has 40 heavy (non-hydrogen) atoms. The molecule has 0 bridgehead atoms. The number of pyridine rings is 1. The van der Waals surface area contributed by atoms with Crippen molar-refractivity contribution in [2.75, 3.05) is 11.1 Å². The van der Waals surface area contributed by atoms with Crippen molar-refractivity contribution in [2.45, 2.75) is 38.8 Å². The van der Waals surface area contributed by atoms with E-state index in [0.29, 0.717) is 16.9 Å². The molecule has 8 nitrogen and oxygen atoms in total. The Kier molecular flexibility index (Phi) is 6.55. The number of nitrogen functional groups attached to an aromatic ring is 1. The van der Waals surface area contributed by atoms with Crippen molar-refractivity contribution < 1.29 is 9.13 Å². The zero-order valence-corrected chi connectivity index (χ0v) is 22.8. The molecule has 5 aromatic rings. The summed E-state index contributed by atoms with van der Waals surface area (Å²) in [6, 6.07) is 15.6. The lowest BCUT2D eigenvalue weighted by atomic mass is 9.96. The minimum atomic E-state index is -0.542. The number of nitrogens with zero attached hydrogens (tertiary/aromatic N) is 3. The highest BCUT2D eigenvalue weighted by molar-refractivity contribution is 7.15. The van der Waals surface area contributed by atoms with Gasteiger partial charge in [0.15, 0.2) is 11.6 Å². The van der Waals surface area contributed by atoms with Gasteiger partial charge in [-0.3, -0.25) is 14.6 Å². The Labute approximate surface area is 233 Å². The lowest BCUT2D eigenvalue weighted by Crippen LogP contribution is -2.22. The highest BCUT2D eigenvalue weighted by Crippen LogP contribution is 2.33. The lowest BCUT2D eigenvalue weighted by molar-refractivity contribution is 0.287. The van der Waals surface area contributed by atoms with Crippen LogP contribution in [0.5, 0.6) is 5.75 Å². The maximum atomic E-state index is 14.8. The minimum absolute atomic E-state index is 0.0302. The molecule has 10 heteroatoms. The smallest absolute Gasteiger partial charge is 0.264 e. The first kappa shape index (κ1) is 25.7. The van der Waals surface area contributed by atoms with E-state index >= 15 is 0 Å². The molecule has 0 unspecified atom stereocenters. The van der Waals surface area contributed by atoms with Gasteiger partial charge in [0, 0.05) is 16.6 Å². The van der Waals surface area contributed by atoms with E-state index in [2.05, 4.69) is 15.3 Å². The van der Waals surface area contributed by atoms with E-state index in [9.17, 15) is 9.18 Å². The third-order valence-corrected chi connectivity index (χ3v) is 7.96. The molecule has 2 aromatic carbocycles. The Hall–Kier alpha value is -4.57. The first-order valence-corrected chi connectivity index (χ1v) is 13.8. The van der Waals surface area contributed by atoms with Gasteiger partial charge < -0.3 is 15.8 Å². The van der Waals surface area contributed by atoms with Crippen LogP contribution in [0.2, 0.25) is 0 Å². The number of aromatic nitrogens is 3. The molecule has 3 aromatic heterocycles. The number of rotatable bonds is 8. The van der Waals surface area contributed by atoms with Gasteiger partial charge in [-0.25, -0.2) is 14.4 Å². The normalized spacial score (nSPS) is 13.8. The number of nitrogens with two attached hydrogens (primary N) is 1. The number of ether oxygens (including phenoxy) is 1. The van der Waals surface area contributed by atoms with Crippen molar-refractivity contribution in [1.82, 2.24) is 14.4 Å². The third-order valence-electron chi connectivity index (χ3n) is 6.96. The van der Waals surface area contributed by atoms with Crippen LogP contribution in [0.25, 0.3) is 16.0 Å². The molecule has 0 spiro atoms. The van der Waals surface area contributed by atoms with Crippen LogP contribution >= 0.6 is 11.3 Å². The van der Waals surface area contributed by atoms with Gasteiger partial charge in [-0.1, -0.05) is 30.3 Å². The molecule has 1 aliphatic rings. The molecule has 202 valence electrons. The van der Waals surface area contributed by atoms with Crippen molar-refractivity contribution in [2.24, 2.45) is 0 Å². The molecular weight excluding hydrogens is 527 g/mol. The number of fused-ring (bicyclic) bond motifs is 1. The second kappa shape index (κ2) is 10.2. The zero-order valence-electron chi connectivity index (χ0n) is 21.9. The monoisotopic (exact) mass is 554 g/mol. The van der Waals surface area contributed by atoms with Gasteiger partial charge in [-0.15, -0.1) is 11.3 Å². The minimum Gasteiger partial charge on any atom is -0.487 e. The fourth-order valence-corrected chi connectivity index (χ4v) is 5.68. The molecule has 0 radical (unpaired) electrons. The predicted octanol–water partition coefficient (Wildman–Crippen LogP) is 5.98. The number of benzene rings is 2. The van der Waals surface area contributed by atoms with E-state index in [1.165, 1.54) is 29.8 Å². The number of halogens is 1. The molecule has 0 aliphatic heterocycles. The average Bonchev–Trinajstić information content (AvgIpc) is 3.69. The van der Waals surface area contributed by atoms with Gasteiger partial charge in [0.1, 0.15) is 22.8 Å². The first-order chi connectivity index (χ1) is 19.3. The van der Waals surface area contributed by atoms with E-state index in [1.54, 1.807) is 10.5 Å². The van der Waals surface area contributed by atoms with Gasteiger partial charge in [0.25, 0.3) is 5.56 Å². The highest BCUT2D eigenvalue weighted by Gasteiger charge is 2.26. The number of nitrogens with one attached hydrogen (secondary N) is 2. The van der Waals surface area contributed by atoms with Gasteiger partial charge in [0.2, 0.25) is 0 Å². The summed E-state index contributed by atoms with van der Waals surface area (Å²) < 4.78 is 22.1. The fourth-order valence-electron chi connectivity index (χ4n) is 4.76. The second-order valence-electron chi connectivity index (χ2n) is 9.88. The van der Waals surface area contributed by atoms with Crippen molar-refractivity contribution in [3.8, 4) is 16.9 Å². The first-order valence-electron chi connectivity index (χ1n) is 12.9. The molecule has 1 saturated carbocycles. The summed E-state index contributed by atoms with van der Waals surface area (Å²) in [6.45, 7) is 3.84. The predicted molar refractivity (Wildman–Crippen MR) is 156 cm³/mol. The molecule has 1 fully saturated rings. The van der Waals surface area contributed by atoms with E-state index < -0.39 is 11.9 Å². The highest BCUT2D eigenvalue weighted by atomic mass is 32.1. The SMILES string of the molecule is Cc1csc2cc([C@H](C)Nc3ncnc(N)c3C(=N)c3ccc(OC4CC4)c(F)c3)c(-c3ccccc3)c(=O)n12. The Morgan fingerprint density at radius 1 is 1.20 bits per heavy atom. The van der Waals surface area contributed by atoms with Crippen molar-refractivity contribution in [3.63, 3.8) is 0 Å². The summed E-state index contributed by atoms with van der Waals surface area (Å²) in [5, 5.41) is 14.2. The van der Waals surface area contributed by atoms with E-state index in [-0.39, 0.29) is 34.5 Å². The van der Waals surface area contributed by atoms with Gasteiger partial charge in [-0.05, 0) is 62.1 Å². The molecule has 0 amide bonds. The summed E-state index contributed by atoms with van der Waals surface area (Å²) in [5.41, 5.74) is 9.69. The van der Waals surface area contributed by atoms with Gasteiger partial charge >= 0.3 is 0 Å². The molecule has 1 atom stereocenters. The van der Waals surface area contributed by atoms with Crippen LogP contribution in [0, 0.1) is 18.2 Å². The molecule has 6 rings (SSSR count). The van der Waals surface area contributed by atoms with Crippen molar-refractivity contribution in [3.05, 3.63) is 105 Å². The van der Waals surface area contributed by atoms with Gasteiger partial charge in [-0.2, -0.15) is 0 Å². The summed E-state index contributed by atoms with van der Waals surface area (Å²) >= 11 is 1.50. The lowest BCUT2D eigenvalue weighted by Gasteiger charge is -2.21. The van der Waals surface area contributed by atoms with Crippen LogP contribution in [0.1, 0.15) is 48.2 Å². The van der Waals surface area contributed by atoms with Crippen LogP contribution in [0.15, 0.2) is 71.1 Å². The number of aryl methyl sites for hydroxylation is 1. The van der Waals surface area contributed by atoms with Gasteiger partial charge in [0.05, 0.1) is 29.0 Å². The van der Waals surface area contributed by atoms with Crippen molar-refractivity contribution in [1.29, 1.82) is 5.41 Å². The number of thiazole rings is 1. The maximum absolute atomic E-state index is 14.8. The number of hydrogen-bond acceptors (Lipinski definition) is 8. The maximum Gasteiger partial charge on any atom is 0.264 e. The van der Waals surface area contributed by atoms with Crippen LogP contribution in [0.4, 0.5) is 16.0 Å². The Morgan fingerprint density at radius 2 is 1.98 bits per heavy atom. The van der Waals surface area contributed by atoms with Crippen LogP contribution in [-0.4, -0.2) is 26.2 Å². The number of hydrogen-bond donors (Lipinski definition) is 3. The summed E-state index contributed by atoms with van der Waals surface area (Å²) in [6.07, 6.45) is 3.20. The number of anilines is 2. The van der Waals surface area contributed by atoms with Crippen LogP contribution < -0.4 is 21.3 Å². The van der Waals surface area contributed by atoms with E-state index in [1.807, 2.05) is 55.6 Å².